The molecule has 0 radical (unpaired) electrons. The molecule has 17 heteroatoms. The van der Waals surface area contributed by atoms with E-state index in [9.17, 15) is 40.7 Å². The van der Waals surface area contributed by atoms with Gasteiger partial charge in [-0.1, -0.05) is 30.9 Å². The number of carbonyl (C=O) groups is 3. The molecule has 2 amide bonds. The van der Waals surface area contributed by atoms with Crippen molar-refractivity contribution in [1.82, 2.24) is 9.88 Å². The Labute approximate surface area is 257 Å². The van der Waals surface area contributed by atoms with E-state index in [0.717, 1.165) is 39.3 Å². The number of nitrogens with one attached hydrogen (secondary N) is 1. The van der Waals surface area contributed by atoms with E-state index in [1.54, 1.807) is 0 Å². The number of thiazole rings is 1. The second kappa shape index (κ2) is 12.8. The highest BCUT2D eigenvalue weighted by Gasteiger charge is 2.37. The number of thioether (sulfide) groups is 1. The molecular weight excluding hydrogens is 661 g/mol. The molecule has 7 nitrogen and oxygen atoms in total. The van der Waals surface area contributed by atoms with Gasteiger partial charge in [-0.05, 0) is 53.3 Å². The van der Waals surface area contributed by atoms with Crippen molar-refractivity contribution in [2.75, 3.05) is 11.9 Å². The van der Waals surface area contributed by atoms with Crippen LogP contribution in [0.5, 0.6) is 0 Å². The third-order valence-electron chi connectivity index (χ3n) is 5.91. The first kappa shape index (κ1) is 32.6. The van der Waals surface area contributed by atoms with Gasteiger partial charge in [-0.3, -0.25) is 19.3 Å². The fraction of sp³-hybridized carbons (Fsp3) is 0.269. The Kier molecular flexibility index (Phi) is 9.68. The van der Waals surface area contributed by atoms with Crippen molar-refractivity contribution in [2.24, 2.45) is 0 Å². The number of hydrogen-bond acceptors (Lipinski definition) is 8. The molecule has 4 rings (SSSR count). The molecule has 0 atom stereocenters. The largest absolute Gasteiger partial charge is 0.481 e. The van der Waals surface area contributed by atoms with Crippen LogP contribution >= 0.6 is 46.7 Å². The smallest absolute Gasteiger partial charge is 0.416 e. The number of carboxylic acid groups (broad SMARTS) is 1. The maximum absolute atomic E-state index is 13.3. The molecule has 1 fully saturated rings. The van der Waals surface area contributed by atoms with Crippen LogP contribution < -0.4 is 5.32 Å². The summed E-state index contributed by atoms with van der Waals surface area (Å²) in [4.78, 5) is 43.2. The van der Waals surface area contributed by atoms with Crippen molar-refractivity contribution in [3.05, 3.63) is 61.1 Å². The third kappa shape index (κ3) is 8.01. The standard InChI is InChI=1S/C26H19F6N3O4S4/c1-2-18-17(10-21(37)38)33-23(42-18)34-20(36)3-4-35-22(39)19(43-24(35)40)9-16-7-13(11-41-16)12-5-14(25(27,28)29)8-15(6-12)26(30,31)32/h5-9,11H,2-4,10H2,1H3,(H,37,38)(H,33,34,36)/b19-9-. The Morgan fingerprint density at radius 2 is 1.72 bits per heavy atom. The van der Waals surface area contributed by atoms with Crippen LogP contribution in [-0.2, 0) is 39.6 Å². The summed E-state index contributed by atoms with van der Waals surface area (Å²) in [6.07, 6.45) is -8.42. The van der Waals surface area contributed by atoms with Crippen LogP contribution in [-0.4, -0.2) is 43.6 Å². The molecule has 0 aliphatic carbocycles. The minimum atomic E-state index is -4.98. The van der Waals surface area contributed by atoms with Crippen molar-refractivity contribution in [3.8, 4) is 11.1 Å². The third-order valence-corrected chi connectivity index (χ3v) is 9.33. The molecule has 1 aliphatic rings. The van der Waals surface area contributed by atoms with Gasteiger partial charge < -0.3 is 10.4 Å². The monoisotopic (exact) mass is 679 g/mol. The first-order valence-electron chi connectivity index (χ1n) is 12.2. The summed E-state index contributed by atoms with van der Waals surface area (Å²) in [5, 5.41) is 13.2. The first-order chi connectivity index (χ1) is 20.0. The zero-order chi connectivity index (χ0) is 31.7. The van der Waals surface area contributed by atoms with Crippen LogP contribution in [0.15, 0.2) is 34.6 Å². The SMILES string of the molecule is CCc1sc(NC(=O)CCN2C(=O)/C(=C/c3cc(-c4cc(C(F)(F)F)cc(C(F)(F)F)c4)cs3)SC2=S)nc1CC(=O)O. The highest BCUT2D eigenvalue weighted by molar-refractivity contribution is 8.26. The van der Waals surface area contributed by atoms with Gasteiger partial charge in [-0.15, -0.1) is 22.7 Å². The van der Waals surface area contributed by atoms with Crippen molar-refractivity contribution in [2.45, 2.75) is 38.5 Å². The van der Waals surface area contributed by atoms with E-state index in [2.05, 4.69) is 10.3 Å². The molecule has 0 spiro atoms. The summed E-state index contributed by atoms with van der Waals surface area (Å²) >= 11 is 8.39. The van der Waals surface area contributed by atoms with Crippen molar-refractivity contribution >= 4 is 80.0 Å². The van der Waals surface area contributed by atoms with Crippen LogP contribution in [0.3, 0.4) is 0 Å². The molecule has 3 heterocycles. The molecule has 0 saturated carbocycles. The van der Waals surface area contributed by atoms with Gasteiger partial charge in [0, 0.05) is 22.7 Å². The van der Waals surface area contributed by atoms with Gasteiger partial charge in [0.1, 0.15) is 4.32 Å². The molecule has 2 aromatic heterocycles. The number of anilines is 1. The summed E-state index contributed by atoms with van der Waals surface area (Å²) in [7, 11) is 0. The highest BCUT2D eigenvalue weighted by atomic mass is 32.2. The number of thiophene rings is 1. The van der Waals surface area contributed by atoms with Gasteiger partial charge in [-0.2, -0.15) is 26.3 Å². The van der Waals surface area contributed by atoms with Gasteiger partial charge in [-0.25, -0.2) is 4.98 Å². The number of aromatic nitrogens is 1. The number of hydrogen-bond donors (Lipinski definition) is 2. The second-order valence-electron chi connectivity index (χ2n) is 8.98. The molecule has 43 heavy (non-hydrogen) atoms. The van der Waals surface area contributed by atoms with Crippen LogP contribution in [0.4, 0.5) is 31.5 Å². The van der Waals surface area contributed by atoms with E-state index in [-0.39, 0.29) is 50.9 Å². The van der Waals surface area contributed by atoms with Gasteiger partial charge >= 0.3 is 18.3 Å². The van der Waals surface area contributed by atoms with Crippen LogP contribution in [0.2, 0.25) is 0 Å². The quantitative estimate of drug-likeness (QED) is 0.139. The number of rotatable bonds is 9. The molecule has 1 aromatic carbocycles. The minimum Gasteiger partial charge on any atom is -0.481 e. The number of nitrogens with zero attached hydrogens (tertiary/aromatic N) is 2. The fourth-order valence-electron chi connectivity index (χ4n) is 3.91. The molecule has 2 N–H and O–H groups in total. The number of thiocarbonyl (C=S) groups is 1. The summed E-state index contributed by atoms with van der Waals surface area (Å²) in [5.41, 5.74) is -2.67. The number of carboxylic acids is 1. The Balaban J connectivity index is 1.44. The predicted molar refractivity (Wildman–Crippen MR) is 156 cm³/mol. The predicted octanol–water partition coefficient (Wildman–Crippen LogP) is 7.33. The zero-order valence-corrected chi connectivity index (χ0v) is 25.0. The molecule has 3 aromatic rings. The number of benzene rings is 1. The maximum Gasteiger partial charge on any atom is 0.416 e. The summed E-state index contributed by atoms with van der Waals surface area (Å²) in [6.45, 7) is 1.77. The lowest BCUT2D eigenvalue weighted by atomic mass is 10.0. The average molecular weight is 680 g/mol. The second-order valence-corrected chi connectivity index (χ2v) is 12.7. The number of alkyl halides is 6. The Morgan fingerprint density at radius 3 is 2.30 bits per heavy atom. The first-order valence-corrected chi connectivity index (χ1v) is 15.1. The number of aryl methyl sites for hydroxylation is 1. The van der Waals surface area contributed by atoms with E-state index in [1.165, 1.54) is 22.4 Å². The van der Waals surface area contributed by atoms with Gasteiger partial charge in [0.2, 0.25) is 5.91 Å². The molecule has 228 valence electrons. The Bertz CT molecular complexity index is 1590. The Morgan fingerprint density at radius 1 is 1.07 bits per heavy atom. The lowest BCUT2D eigenvalue weighted by Gasteiger charge is -2.13. The minimum absolute atomic E-state index is 0.0540. The average Bonchev–Trinajstić information content (AvgIpc) is 3.59. The van der Waals surface area contributed by atoms with E-state index in [0.29, 0.717) is 29.1 Å². The summed E-state index contributed by atoms with van der Waals surface area (Å²) in [5.74, 6) is -2.04. The van der Waals surface area contributed by atoms with E-state index < -0.39 is 41.3 Å². The fourth-order valence-corrected chi connectivity index (χ4v) is 7.07. The van der Waals surface area contributed by atoms with E-state index in [1.807, 2.05) is 6.92 Å². The zero-order valence-electron chi connectivity index (χ0n) is 21.8. The topological polar surface area (TPSA) is 99.6 Å². The summed E-state index contributed by atoms with van der Waals surface area (Å²) < 4.78 is 79.7. The van der Waals surface area contributed by atoms with Crippen molar-refractivity contribution in [1.29, 1.82) is 0 Å². The number of amides is 2. The number of carbonyl (C=O) groups excluding carboxylic acids is 2. The van der Waals surface area contributed by atoms with Gasteiger partial charge in [0.15, 0.2) is 5.13 Å². The van der Waals surface area contributed by atoms with Crippen molar-refractivity contribution in [3.63, 3.8) is 0 Å². The van der Waals surface area contributed by atoms with E-state index in [4.69, 9.17) is 17.3 Å². The normalized spacial score (nSPS) is 15.0. The molecule has 0 unspecified atom stereocenters. The van der Waals surface area contributed by atoms with Gasteiger partial charge in [0.25, 0.3) is 5.91 Å². The van der Waals surface area contributed by atoms with Gasteiger partial charge in [0.05, 0.1) is 28.1 Å². The Hall–Kier alpha value is -3.28. The molecule has 1 saturated heterocycles. The highest BCUT2D eigenvalue weighted by Crippen LogP contribution is 2.40. The lowest BCUT2D eigenvalue weighted by Crippen LogP contribution is -2.31. The number of halogens is 6. The number of aliphatic carboxylic acids is 1. The van der Waals surface area contributed by atoms with Crippen LogP contribution in [0.25, 0.3) is 17.2 Å². The van der Waals surface area contributed by atoms with Crippen molar-refractivity contribution < 1.29 is 45.8 Å². The molecule has 0 bridgehead atoms. The molecule has 1 aliphatic heterocycles. The van der Waals surface area contributed by atoms with Crippen LogP contribution in [0, 0.1) is 0 Å². The lowest BCUT2D eigenvalue weighted by molar-refractivity contribution is -0.143. The summed E-state index contributed by atoms with van der Waals surface area (Å²) in [6, 6.07) is 2.69. The van der Waals surface area contributed by atoms with E-state index >= 15 is 0 Å². The van der Waals surface area contributed by atoms with Crippen LogP contribution in [0.1, 0.15) is 39.9 Å². The maximum atomic E-state index is 13.3. The molecular formula is C26H19F6N3O4S4.